The van der Waals surface area contributed by atoms with Gasteiger partial charge in [0, 0.05) is 5.69 Å². The molecule has 0 aliphatic carbocycles. The van der Waals surface area contributed by atoms with Crippen LogP contribution in [0.4, 0.5) is 5.69 Å². The van der Waals surface area contributed by atoms with E-state index >= 15 is 0 Å². The number of anilines is 1. The summed E-state index contributed by atoms with van der Waals surface area (Å²) in [5.41, 5.74) is 0.147. The van der Waals surface area contributed by atoms with Gasteiger partial charge in [-0.25, -0.2) is 4.79 Å². The minimum absolute atomic E-state index is 0.457. The smallest absolute Gasteiger partial charge is 0.329 e. The Morgan fingerprint density at radius 2 is 2.31 bits per heavy atom. The summed E-state index contributed by atoms with van der Waals surface area (Å²) >= 11 is 0. The van der Waals surface area contributed by atoms with Gasteiger partial charge >= 0.3 is 5.97 Å². The number of hydrogen-bond donors (Lipinski definition) is 2. The van der Waals surface area contributed by atoms with Crippen molar-refractivity contribution in [3.05, 3.63) is 29.8 Å². The molecule has 16 heavy (non-hydrogen) atoms. The lowest BCUT2D eigenvalue weighted by molar-refractivity contribution is -0.141. The zero-order valence-corrected chi connectivity index (χ0v) is 9.32. The van der Waals surface area contributed by atoms with Crippen LogP contribution < -0.4 is 5.32 Å². The number of carboxylic acid groups (broad SMARTS) is 1. The summed E-state index contributed by atoms with van der Waals surface area (Å²) in [5, 5.41) is 20.8. The molecule has 84 valence electrons. The monoisotopic (exact) mass is 218 g/mol. The summed E-state index contributed by atoms with van der Waals surface area (Å²) in [6.07, 6.45) is 0.457. The van der Waals surface area contributed by atoms with Crippen molar-refractivity contribution in [1.29, 1.82) is 5.26 Å². The Morgan fingerprint density at radius 1 is 1.62 bits per heavy atom. The van der Waals surface area contributed by atoms with Crippen LogP contribution in [-0.2, 0) is 4.79 Å². The SMILES string of the molecule is CCC(C)(Nc1cccc(C#N)c1)C(=O)O. The lowest BCUT2D eigenvalue weighted by Gasteiger charge is -2.25. The standard InChI is InChI=1S/C12H14N2O2/c1-3-12(2,11(15)16)14-10-6-4-5-9(7-10)8-13/h4-7,14H,3H2,1-2H3,(H,15,16). The molecule has 0 spiro atoms. The third kappa shape index (κ3) is 2.51. The molecule has 4 nitrogen and oxygen atoms in total. The van der Waals surface area contributed by atoms with Crippen molar-refractivity contribution in [3.8, 4) is 6.07 Å². The minimum atomic E-state index is -1.01. The van der Waals surface area contributed by atoms with Gasteiger partial charge in [-0.2, -0.15) is 5.26 Å². The van der Waals surface area contributed by atoms with Crippen LogP contribution in [0, 0.1) is 11.3 Å². The summed E-state index contributed by atoms with van der Waals surface area (Å²) in [4.78, 5) is 11.1. The molecule has 2 N–H and O–H groups in total. The Bertz CT molecular complexity index is 437. The van der Waals surface area contributed by atoms with Crippen molar-refractivity contribution in [3.63, 3.8) is 0 Å². The fourth-order valence-electron chi connectivity index (χ4n) is 1.28. The molecular formula is C12H14N2O2. The summed E-state index contributed by atoms with van der Waals surface area (Å²) in [5.74, 6) is -0.905. The Kier molecular flexibility index (Phi) is 3.51. The van der Waals surface area contributed by atoms with Crippen LogP contribution >= 0.6 is 0 Å². The Morgan fingerprint density at radius 3 is 2.81 bits per heavy atom. The molecule has 0 aromatic heterocycles. The van der Waals surface area contributed by atoms with Gasteiger partial charge < -0.3 is 10.4 Å². The Balaban J connectivity index is 2.95. The highest BCUT2D eigenvalue weighted by atomic mass is 16.4. The largest absolute Gasteiger partial charge is 0.480 e. The number of carboxylic acids is 1. The van der Waals surface area contributed by atoms with Gasteiger partial charge in [0.1, 0.15) is 5.54 Å². The molecule has 0 saturated heterocycles. The van der Waals surface area contributed by atoms with Crippen LogP contribution in [0.1, 0.15) is 25.8 Å². The second-order valence-electron chi connectivity index (χ2n) is 3.81. The number of nitrogens with zero attached hydrogens (tertiary/aromatic N) is 1. The number of nitriles is 1. The van der Waals surface area contributed by atoms with Crippen LogP contribution in [-0.4, -0.2) is 16.6 Å². The normalized spacial score (nSPS) is 13.6. The molecule has 0 bridgehead atoms. The molecule has 1 atom stereocenters. The van der Waals surface area contributed by atoms with E-state index in [2.05, 4.69) is 5.32 Å². The average molecular weight is 218 g/mol. The Hall–Kier alpha value is -2.02. The number of carbonyl (C=O) groups is 1. The van der Waals surface area contributed by atoms with E-state index in [1.54, 1.807) is 38.1 Å². The lowest BCUT2D eigenvalue weighted by atomic mass is 9.98. The maximum absolute atomic E-state index is 11.1. The highest BCUT2D eigenvalue weighted by Gasteiger charge is 2.30. The molecular weight excluding hydrogens is 204 g/mol. The molecule has 0 aliphatic heterocycles. The maximum atomic E-state index is 11.1. The van der Waals surface area contributed by atoms with E-state index < -0.39 is 11.5 Å². The van der Waals surface area contributed by atoms with E-state index in [0.29, 0.717) is 17.7 Å². The van der Waals surface area contributed by atoms with E-state index in [4.69, 9.17) is 10.4 Å². The highest BCUT2D eigenvalue weighted by Crippen LogP contribution is 2.19. The summed E-state index contributed by atoms with van der Waals surface area (Å²) in [7, 11) is 0. The van der Waals surface area contributed by atoms with Gasteiger partial charge in [-0.1, -0.05) is 13.0 Å². The molecule has 0 fully saturated rings. The summed E-state index contributed by atoms with van der Waals surface area (Å²) < 4.78 is 0. The maximum Gasteiger partial charge on any atom is 0.329 e. The topological polar surface area (TPSA) is 73.1 Å². The molecule has 1 unspecified atom stereocenters. The van der Waals surface area contributed by atoms with Gasteiger partial charge in [-0.15, -0.1) is 0 Å². The van der Waals surface area contributed by atoms with Crippen molar-refractivity contribution in [2.24, 2.45) is 0 Å². The van der Waals surface area contributed by atoms with E-state index in [9.17, 15) is 4.79 Å². The van der Waals surface area contributed by atoms with Crippen LogP contribution in [0.3, 0.4) is 0 Å². The number of hydrogen-bond acceptors (Lipinski definition) is 3. The van der Waals surface area contributed by atoms with Crippen molar-refractivity contribution in [2.45, 2.75) is 25.8 Å². The molecule has 4 heteroatoms. The number of nitrogens with one attached hydrogen (secondary N) is 1. The highest BCUT2D eigenvalue weighted by molar-refractivity contribution is 5.82. The fraction of sp³-hybridized carbons (Fsp3) is 0.333. The fourth-order valence-corrected chi connectivity index (χ4v) is 1.28. The van der Waals surface area contributed by atoms with Crippen LogP contribution in [0.15, 0.2) is 24.3 Å². The second-order valence-corrected chi connectivity index (χ2v) is 3.81. The molecule has 0 heterocycles. The van der Waals surface area contributed by atoms with Crippen LogP contribution in [0.5, 0.6) is 0 Å². The first-order chi connectivity index (χ1) is 7.51. The summed E-state index contributed by atoms with van der Waals surface area (Å²) in [6.45, 7) is 3.42. The predicted molar refractivity (Wildman–Crippen MR) is 61.1 cm³/mol. The molecule has 0 amide bonds. The minimum Gasteiger partial charge on any atom is -0.480 e. The molecule has 0 radical (unpaired) electrons. The lowest BCUT2D eigenvalue weighted by Crippen LogP contribution is -2.42. The first-order valence-corrected chi connectivity index (χ1v) is 5.03. The van der Waals surface area contributed by atoms with Gasteiger partial charge in [0.2, 0.25) is 0 Å². The quantitative estimate of drug-likeness (QED) is 0.812. The van der Waals surface area contributed by atoms with Gasteiger partial charge in [-0.05, 0) is 31.5 Å². The second kappa shape index (κ2) is 4.67. The average Bonchev–Trinajstić information content (AvgIpc) is 2.29. The van der Waals surface area contributed by atoms with Gasteiger partial charge in [0.15, 0.2) is 0 Å². The molecule has 0 saturated carbocycles. The first kappa shape index (κ1) is 12.1. The van der Waals surface area contributed by atoms with Crippen molar-refractivity contribution in [2.75, 3.05) is 5.32 Å². The van der Waals surface area contributed by atoms with Gasteiger partial charge in [0.05, 0.1) is 11.6 Å². The van der Waals surface area contributed by atoms with Crippen molar-refractivity contribution >= 4 is 11.7 Å². The zero-order valence-electron chi connectivity index (χ0n) is 9.32. The van der Waals surface area contributed by atoms with E-state index in [1.165, 1.54) is 0 Å². The zero-order chi connectivity index (χ0) is 12.2. The summed E-state index contributed by atoms with van der Waals surface area (Å²) in [6, 6.07) is 8.79. The molecule has 0 aliphatic rings. The molecule has 1 rings (SSSR count). The molecule has 1 aromatic rings. The van der Waals surface area contributed by atoms with Gasteiger partial charge in [-0.3, -0.25) is 0 Å². The van der Waals surface area contributed by atoms with Crippen molar-refractivity contribution in [1.82, 2.24) is 0 Å². The predicted octanol–water partition coefficient (Wildman–Crippen LogP) is 2.22. The third-order valence-electron chi connectivity index (χ3n) is 2.59. The number of aliphatic carboxylic acids is 1. The van der Waals surface area contributed by atoms with E-state index in [-0.39, 0.29) is 0 Å². The first-order valence-electron chi connectivity index (χ1n) is 5.03. The van der Waals surface area contributed by atoms with Crippen molar-refractivity contribution < 1.29 is 9.90 Å². The number of rotatable bonds is 4. The third-order valence-corrected chi connectivity index (χ3v) is 2.59. The Labute approximate surface area is 94.5 Å². The van der Waals surface area contributed by atoms with E-state index in [0.717, 1.165) is 0 Å². The van der Waals surface area contributed by atoms with Crippen LogP contribution in [0.2, 0.25) is 0 Å². The van der Waals surface area contributed by atoms with Gasteiger partial charge in [0.25, 0.3) is 0 Å². The van der Waals surface area contributed by atoms with E-state index in [1.807, 2.05) is 6.07 Å². The number of benzene rings is 1. The van der Waals surface area contributed by atoms with Crippen LogP contribution in [0.25, 0.3) is 0 Å². The molecule has 1 aromatic carbocycles.